The Bertz CT molecular complexity index is 555. The van der Waals surface area contributed by atoms with Gasteiger partial charge in [0.1, 0.15) is 5.75 Å². The second-order valence-corrected chi connectivity index (χ2v) is 5.28. The summed E-state index contributed by atoms with van der Waals surface area (Å²) in [7, 11) is 3.62. The number of aromatic nitrogens is 1. The van der Waals surface area contributed by atoms with Gasteiger partial charge in [-0.15, -0.1) is 0 Å². The Morgan fingerprint density at radius 3 is 2.63 bits per heavy atom. The van der Waals surface area contributed by atoms with Crippen LogP contribution in [0.15, 0.2) is 41.0 Å². The molecular formula is C15H17BrN2O. The molecule has 0 aliphatic rings. The molecule has 1 unspecified atom stereocenters. The van der Waals surface area contributed by atoms with Gasteiger partial charge >= 0.3 is 0 Å². The number of rotatable bonds is 4. The quantitative estimate of drug-likeness (QED) is 0.936. The monoisotopic (exact) mass is 320 g/mol. The van der Waals surface area contributed by atoms with E-state index in [-0.39, 0.29) is 6.04 Å². The van der Waals surface area contributed by atoms with Crippen molar-refractivity contribution in [2.24, 2.45) is 0 Å². The van der Waals surface area contributed by atoms with Gasteiger partial charge in [0.05, 0.1) is 18.8 Å². The molecule has 2 aromatic rings. The number of pyridine rings is 1. The topological polar surface area (TPSA) is 34.2 Å². The zero-order chi connectivity index (χ0) is 13.8. The average molecular weight is 321 g/mol. The van der Waals surface area contributed by atoms with Gasteiger partial charge in [-0.25, -0.2) is 0 Å². The first kappa shape index (κ1) is 14.0. The third kappa shape index (κ3) is 3.14. The van der Waals surface area contributed by atoms with Crippen LogP contribution < -0.4 is 10.1 Å². The van der Waals surface area contributed by atoms with Crippen molar-refractivity contribution in [1.29, 1.82) is 0 Å². The zero-order valence-corrected chi connectivity index (χ0v) is 12.9. The highest BCUT2D eigenvalue weighted by molar-refractivity contribution is 9.10. The predicted molar refractivity (Wildman–Crippen MR) is 80.6 cm³/mol. The van der Waals surface area contributed by atoms with Crippen LogP contribution in [0.2, 0.25) is 0 Å². The van der Waals surface area contributed by atoms with Gasteiger partial charge < -0.3 is 10.1 Å². The van der Waals surface area contributed by atoms with Gasteiger partial charge in [-0.05, 0) is 48.1 Å². The number of halogens is 1. The number of nitrogens with one attached hydrogen (secondary N) is 1. The average Bonchev–Trinajstić information content (AvgIpc) is 2.42. The lowest BCUT2D eigenvalue weighted by Crippen LogP contribution is -2.19. The summed E-state index contributed by atoms with van der Waals surface area (Å²) in [6.07, 6.45) is 1.81. The maximum absolute atomic E-state index is 5.45. The maximum atomic E-state index is 5.45. The second kappa shape index (κ2) is 6.17. The van der Waals surface area contributed by atoms with E-state index in [0.717, 1.165) is 21.5 Å². The molecule has 4 heteroatoms. The van der Waals surface area contributed by atoms with Gasteiger partial charge in [0.25, 0.3) is 0 Å². The minimum absolute atomic E-state index is 0.0166. The van der Waals surface area contributed by atoms with Crippen molar-refractivity contribution in [1.82, 2.24) is 10.3 Å². The molecule has 3 nitrogen and oxygen atoms in total. The van der Waals surface area contributed by atoms with Gasteiger partial charge in [-0.1, -0.05) is 17.7 Å². The van der Waals surface area contributed by atoms with E-state index in [1.165, 1.54) is 5.56 Å². The van der Waals surface area contributed by atoms with Crippen molar-refractivity contribution in [3.8, 4) is 5.75 Å². The van der Waals surface area contributed by atoms with Crippen molar-refractivity contribution in [3.05, 3.63) is 57.8 Å². The molecule has 0 aliphatic carbocycles. The fraction of sp³-hybridized carbons (Fsp3) is 0.267. The standard InChI is InChI=1S/C15H17BrN2O/c1-10-4-7-14(19-3)12(8-10)15(17-2)13-6-5-11(16)9-18-13/h4-9,15,17H,1-3H3. The number of aryl methyl sites for hydroxylation is 1. The van der Waals surface area contributed by atoms with Crippen LogP contribution in [0.1, 0.15) is 22.9 Å². The molecule has 0 saturated heterocycles. The molecule has 1 aromatic heterocycles. The van der Waals surface area contributed by atoms with Crippen LogP contribution >= 0.6 is 15.9 Å². The van der Waals surface area contributed by atoms with Crippen molar-refractivity contribution in [2.75, 3.05) is 14.2 Å². The fourth-order valence-electron chi connectivity index (χ4n) is 2.10. The zero-order valence-electron chi connectivity index (χ0n) is 11.3. The largest absolute Gasteiger partial charge is 0.496 e. The first-order valence-corrected chi connectivity index (χ1v) is 6.88. The van der Waals surface area contributed by atoms with E-state index in [0.29, 0.717) is 0 Å². The molecule has 2 rings (SSSR count). The van der Waals surface area contributed by atoms with Gasteiger partial charge in [-0.2, -0.15) is 0 Å². The summed E-state index contributed by atoms with van der Waals surface area (Å²) in [6.45, 7) is 2.07. The smallest absolute Gasteiger partial charge is 0.124 e. The number of hydrogen-bond acceptors (Lipinski definition) is 3. The Hall–Kier alpha value is -1.39. The molecule has 1 N–H and O–H groups in total. The summed E-state index contributed by atoms with van der Waals surface area (Å²) in [6, 6.07) is 10.2. The van der Waals surface area contributed by atoms with E-state index < -0.39 is 0 Å². The molecular weight excluding hydrogens is 304 g/mol. The molecule has 100 valence electrons. The lowest BCUT2D eigenvalue weighted by atomic mass is 10.00. The van der Waals surface area contributed by atoms with Crippen LogP contribution in [0, 0.1) is 6.92 Å². The Labute approximate surface area is 122 Å². The summed E-state index contributed by atoms with van der Waals surface area (Å²) >= 11 is 3.40. The highest BCUT2D eigenvalue weighted by Gasteiger charge is 2.17. The minimum atomic E-state index is 0.0166. The lowest BCUT2D eigenvalue weighted by molar-refractivity contribution is 0.405. The number of ether oxygens (including phenoxy) is 1. The van der Waals surface area contributed by atoms with Gasteiger partial charge in [0, 0.05) is 16.2 Å². The van der Waals surface area contributed by atoms with E-state index >= 15 is 0 Å². The second-order valence-electron chi connectivity index (χ2n) is 4.37. The van der Waals surface area contributed by atoms with E-state index in [9.17, 15) is 0 Å². The summed E-state index contributed by atoms with van der Waals surface area (Å²) in [5.74, 6) is 0.870. The summed E-state index contributed by atoms with van der Waals surface area (Å²) < 4.78 is 6.43. The van der Waals surface area contributed by atoms with Crippen LogP contribution in [0.3, 0.4) is 0 Å². The lowest BCUT2D eigenvalue weighted by Gasteiger charge is -2.19. The van der Waals surface area contributed by atoms with Gasteiger partial charge in [0.2, 0.25) is 0 Å². The van der Waals surface area contributed by atoms with Gasteiger partial charge in [-0.3, -0.25) is 4.98 Å². The van der Waals surface area contributed by atoms with Crippen LogP contribution in [-0.2, 0) is 0 Å². The first-order valence-electron chi connectivity index (χ1n) is 6.09. The summed E-state index contributed by atoms with van der Waals surface area (Å²) in [5.41, 5.74) is 3.27. The number of methoxy groups -OCH3 is 1. The number of benzene rings is 1. The van der Waals surface area contributed by atoms with Gasteiger partial charge in [0.15, 0.2) is 0 Å². The number of nitrogens with zero attached hydrogens (tertiary/aromatic N) is 1. The molecule has 0 aliphatic heterocycles. The molecule has 1 atom stereocenters. The SMILES string of the molecule is CNC(c1ccc(Br)cn1)c1cc(C)ccc1OC. The summed E-state index contributed by atoms with van der Waals surface area (Å²) in [4.78, 5) is 4.47. The Morgan fingerprint density at radius 2 is 2.05 bits per heavy atom. The molecule has 0 amide bonds. The Morgan fingerprint density at radius 1 is 1.26 bits per heavy atom. The molecule has 0 fully saturated rings. The molecule has 1 heterocycles. The molecule has 0 bridgehead atoms. The number of hydrogen-bond donors (Lipinski definition) is 1. The Kier molecular flexibility index (Phi) is 4.56. The first-order chi connectivity index (χ1) is 9.15. The third-order valence-electron chi connectivity index (χ3n) is 3.03. The molecule has 0 radical (unpaired) electrons. The summed E-state index contributed by atoms with van der Waals surface area (Å²) in [5, 5.41) is 3.30. The van der Waals surface area contributed by atoms with E-state index in [4.69, 9.17) is 4.74 Å². The van der Waals surface area contributed by atoms with E-state index in [1.54, 1.807) is 7.11 Å². The maximum Gasteiger partial charge on any atom is 0.124 e. The van der Waals surface area contributed by atoms with Crippen LogP contribution in [0.25, 0.3) is 0 Å². The molecule has 1 aromatic carbocycles. The van der Waals surface area contributed by atoms with Crippen LogP contribution in [-0.4, -0.2) is 19.1 Å². The van der Waals surface area contributed by atoms with Crippen molar-refractivity contribution in [2.45, 2.75) is 13.0 Å². The highest BCUT2D eigenvalue weighted by atomic mass is 79.9. The predicted octanol–water partition coefficient (Wildman–Crippen LogP) is 3.47. The Balaban J connectivity index is 2.47. The molecule has 0 saturated carbocycles. The third-order valence-corrected chi connectivity index (χ3v) is 3.50. The van der Waals surface area contributed by atoms with Crippen molar-refractivity contribution < 1.29 is 4.74 Å². The minimum Gasteiger partial charge on any atom is -0.496 e. The van der Waals surface area contributed by atoms with Crippen molar-refractivity contribution in [3.63, 3.8) is 0 Å². The highest BCUT2D eigenvalue weighted by Crippen LogP contribution is 2.30. The molecule has 0 spiro atoms. The fourth-order valence-corrected chi connectivity index (χ4v) is 2.33. The van der Waals surface area contributed by atoms with Crippen LogP contribution in [0.4, 0.5) is 0 Å². The van der Waals surface area contributed by atoms with Crippen LogP contribution in [0.5, 0.6) is 5.75 Å². The normalized spacial score (nSPS) is 12.2. The van der Waals surface area contributed by atoms with E-state index in [1.807, 2.05) is 37.5 Å². The van der Waals surface area contributed by atoms with E-state index in [2.05, 4.69) is 39.2 Å². The van der Waals surface area contributed by atoms with Crippen molar-refractivity contribution >= 4 is 15.9 Å². The molecule has 19 heavy (non-hydrogen) atoms.